The molecule has 0 spiro atoms. The van der Waals surface area contributed by atoms with Crippen LogP contribution in [0.2, 0.25) is 0 Å². The SMILES string of the molecule is Cc1nccn1[C@H](C(=O)Nc1ccc2c(c1)nc(C(F)(F)F)n2C)c1ccccc1. The number of benzene rings is 2. The number of anilines is 1. The van der Waals surface area contributed by atoms with E-state index < -0.39 is 18.0 Å². The smallest absolute Gasteiger partial charge is 0.324 e. The van der Waals surface area contributed by atoms with E-state index in [4.69, 9.17) is 0 Å². The molecule has 1 atom stereocenters. The van der Waals surface area contributed by atoms with E-state index in [1.165, 1.54) is 19.2 Å². The van der Waals surface area contributed by atoms with Gasteiger partial charge in [0.2, 0.25) is 5.82 Å². The van der Waals surface area contributed by atoms with E-state index >= 15 is 0 Å². The Labute approximate surface area is 170 Å². The molecule has 0 radical (unpaired) electrons. The summed E-state index contributed by atoms with van der Waals surface area (Å²) in [6.07, 6.45) is -1.24. The molecule has 0 fully saturated rings. The quantitative estimate of drug-likeness (QED) is 0.542. The summed E-state index contributed by atoms with van der Waals surface area (Å²) < 4.78 is 42.1. The summed E-state index contributed by atoms with van der Waals surface area (Å²) in [4.78, 5) is 21.0. The lowest BCUT2D eigenvalue weighted by Gasteiger charge is -2.20. The van der Waals surface area contributed by atoms with Crippen molar-refractivity contribution in [3.8, 4) is 0 Å². The number of hydrogen-bond acceptors (Lipinski definition) is 3. The Hall–Kier alpha value is -3.62. The highest BCUT2D eigenvalue weighted by atomic mass is 19.4. The molecular formula is C21H18F3N5O. The van der Waals surface area contributed by atoms with E-state index in [9.17, 15) is 18.0 Å². The van der Waals surface area contributed by atoms with E-state index in [1.54, 1.807) is 30.0 Å². The van der Waals surface area contributed by atoms with Crippen molar-refractivity contribution >= 4 is 22.6 Å². The number of aromatic nitrogens is 4. The van der Waals surface area contributed by atoms with Crippen LogP contribution in [0, 0.1) is 6.92 Å². The second-order valence-electron chi connectivity index (χ2n) is 6.88. The third-order valence-electron chi connectivity index (χ3n) is 4.91. The number of amides is 1. The summed E-state index contributed by atoms with van der Waals surface area (Å²) in [7, 11) is 1.31. The van der Waals surface area contributed by atoms with E-state index in [1.807, 2.05) is 30.3 Å². The van der Waals surface area contributed by atoms with Crippen LogP contribution in [0.3, 0.4) is 0 Å². The first-order valence-electron chi connectivity index (χ1n) is 9.14. The molecular weight excluding hydrogens is 395 g/mol. The molecule has 4 aromatic rings. The monoisotopic (exact) mass is 413 g/mol. The van der Waals surface area contributed by atoms with E-state index in [0.717, 1.165) is 10.1 Å². The van der Waals surface area contributed by atoms with E-state index in [2.05, 4.69) is 15.3 Å². The zero-order valence-electron chi connectivity index (χ0n) is 16.2. The van der Waals surface area contributed by atoms with Gasteiger partial charge in [-0.3, -0.25) is 4.79 Å². The molecule has 6 nitrogen and oxygen atoms in total. The molecule has 0 saturated heterocycles. The summed E-state index contributed by atoms with van der Waals surface area (Å²) in [6.45, 7) is 1.79. The minimum absolute atomic E-state index is 0.151. The molecule has 2 aromatic heterocycles. The topological polar surface area (TPSA) is 64.7 Å². The maximum atomic E-state index is 13.2. The normalized spacial score (nSPS) is 12.8. The van der Waals surface area contributed by atoms with Crippen molar-refractivity contribution in [3.05, 3.63) is 78.1 Å². The molecule has 2 heterocycles. The number of aryl methyl sites for hydroxylation is 2. The van der Waals surface area contributed by atoms with Gasteiger partial charge in [0.15, 0.2) is 0 Å². The van der Waals surface area contributed by atoms with Gasteiger partial charge in [-0.15, -0.1) is 0 Å². The van der Waals surface area contributed by atoms with Crippen molar-refractivity contribution in [1.29, 1.82) is 0 Å². The Balaban J connectivity index is 1.69. The number of carbonyl (C=O) groups excluding carboxylic acids is 1. The lowest BCUT2D eigenvalue weighted by Crippen LogP contribution is -2.27. The van der Waals surface area contributed by atoms with Crippen LogP contribution < -0.4 is 5.32 Å². The van der Waals surface area contributed by atoms with Crippen molar-refractivity contribution in [2.75, 3.05) is 5.32 Å². The zero-order chi connectivity index (χ0) is 21.5. The molecule has 2 aromatic carbocycles. The van der Waals surface area contributed by atoms with Crippen molar-refractivity contribution in [2.24, 2.45) is 7.05 Å². The Kier molecular flexibility index (Phi) is 4.81. The van der Waals surface area contributed by atoms with Gasteiger partial charge in [-0.25, -0.2) is 9.97 Å². The lowest BCUT2D eigenvalue weighted by molar-refractivity contribution is -0.146. The van der Waals surface area contributed by atoms with Crippen LogP contribution in [-0.4, -0.2) is 25.0 Å². The second-order valence-corrected chi connectivity index (χ2v) is 6.88. The Morgan fingerprint density at radius 2 is 1.87 bits per heavy atom. The highest BCUT2D eigenvalue weighted by Crippen LogP contribution is 2.31. The average molecular weight is 413 g/mol. The van der Waals surface area contributed by atoms with Gasteiger partial charge >= 0.3 is 6.18 Å². The Morgan fingerprint density at radius 3 is 2.50 bits per heavy atom. The summed E-state index contributed by atoms with van der Waals surface area (Å²) >= 11 is 0. The fourth-order valence-electron chi connectivity index (χ4n) is 3.48. The van der Waals surface area contributed by atoms with Gasteiger partial charge in [0.25, 0.3) is 5.91 Å². The van der Waals surface area contributed by atoms with Gasteiger partial charge in [0.1, 0.15) is 11.9 Å². The highest BCUT2D eigenvalue weighted by Gasteiger charge is 2.36. The second kappa shape index (κ2) is 7.33. The van der Waals surface area contributed by atoms with Crippen LogP contribution in [0.1, 0.15) is 23.3 Å². The van der Waals surface area contributed by atoms with Gasteiger partial charge < -0.3 is 14.5 Å². The largest absolute Gasteiger partial charge is 0.449 e. The molecule has 0 bridgehead atoms. The minimum Gasteiger partial charge on any atom is -0.324 e. The molecule has 1 N–H and O–H groups in total. The number of nitrogens with zero attached hydrogens (tertiary/aromatic N) is 4. The number of fused-ring (bicyclic) bond motifs is 1. The first-order valence-corrected chi connectivity index (χ1v) is 9.14. The predicted molar refractivity (Wildman–Crippen MR) is 106 cm³/mol. The first-order chi connectivity index (χ1) is 14.3. The van der Waals surface area contributed by atoms with Crippen LogP contribution in [0.25, 0.3) is 11.0 Å². The number of imidazole rings is 2. The molecule has 0 aliphatic carbocycles. The highest BCUT2D eigenvalue weighted by molar-refractivity contribution is 5.97. The van der Waals surface area contributed by atoms with Crippen LogP contribution >= 0.6 is 0 Å². The molecule has 0 aliphatic heterocycles. The zero-order valence-corrected chi connectivity index (χ0v) is 16.2. The molecule has 30 heavy (non-hydrogen) atoms. The number of alkyl halides is 3. The maximum Gasteiger partial charge on any atom is 0.449 e. The standard InChI is InChI=1S/C21H18F3N5O/c1-13-25-10-11-29(13)18(14-6-4-3-5-7-14)19(30)26-15-8-9-17-16(12-15)27-20(28(17)2)21(22,23)24/h3-12,18H,1-2H3,(H,26,30)/t18-/m0/s1. The Bertz CT molecular complexity index is 1210. The fraction of sp³-hybridized carbons (Fsp3) is 0.190. The number of halogens is 3. The van der Waals surface area contributed by atoms with Crippen molar-refractivity contribution in [2.45, 2.75) is 19.1 Å². The number of carbonyl (C=O) groups is 1. The number of hydrogen-bond donors (Lipinski definition) is 1. The van der Waals surface area contributed by atoms with Gasteiger partial charge in [0, 0.05) is 25.1 Å². The third-order valence-corrected chi connectivity index (χ3v) is 4.91. The predicted octanol–water partition coefficient (Wildman–Crippen LogP) is 4.33. The lowest BCUT2D eigenvalue weighted by atomic mass is 10.1. The van der Waals surface area contributed by atoms with Gasteiger partial charge in [-0.05, 0) is 30.7 Å². The molecule has 0 unspecified atom stereocenters. The number of rotatable bonds is 4. The van der Waals surface area contributed by atoms with E-state index in [-0.39, 0.29) is 11.4 Å². The van der Waals surface area contributed by atoms with Gasteiger partial charge in [-0.1, -0.05) is 30.3 Å². The summed E-state index contributed by atoms with van der Waals surface area (Å²) in [5.41, 5.74) is 1.59. The fourth-order valence-corrected chi connectivity index (χ4v) is 3.48. The molecule has 9 heteroatoms. The van der Waals surface area contributed by atoms with Gasteiger partial charge in [0.05, 0.1) is 11.0 Å². The van der Waals surface area contributed by atoms with Crippen LogP contribution in [0.15, 0.2) is 60.9 Å². The summed E-state index contributed by atoms with van der Waals surface area (Å²) in [6, 6.07) is 13.0. The van der Waals surface area contributed by atoms with E-state index in [0.29, 0.717) is 17.0 Å². The number of nitrogens with one attached hydrogen (secondary N) is 1. The maximum absolute atomic E-state index is 13.2. The summed E-state index contributed by atoms with van der Waals surface area (Å²) in [5, 5.41) is 2.80. The Morgan fingerprint density at radius 1 is 1.13 bits per heavy atom. The molecule has 4 rings (SSSR count). The van der Waals surface area contributed by atoms with Crippen LogP contribution in [0.5, 0.6) is 0 Å². The molecule has 154 valence electrons. The van der Waals surface area contributed by atoms with Crippen molar-refractivity contribution in [1.82, 2.24) is 19.1 Å². The molecule has 0 aliphatic rings. The van der Waals surface area contributed by atoms with Crippen LogP contribution in [-0.2, 0) is 18.0 Å². The first kappa shape index (κ1) is 19.7. The van der Waals surface area contributed by atoms with Crippen LogP contribution in [0.4, 0.5) is 18.9 Å². The molecule has 1 amide bonds. The minimum atomic E-state index is -4.56. The summed E-state index contributed by atoms with van der Waals surface area (Å²) in [5.74, 6) is -0.667. The van der Waals surface area contributed by atoms with Crippen molar-refractivity contribution < 1.29 is 18.0 Å². The molecule has 0 saturated carbocycles. The average Bonchev–Trinajstić information content (AvgIpc) is 3.26. The van der Waals surface area contributed by atoms with Crippen molar-refractivity contribution in [3.63, 3.8) is 0 Å². The third kappa shape index (κ3) is 3.54. The van der Waals surface area contributed by atoms with Gasteiger partial charge in [-0.2, -0.15) is 13.2 Å².